The summed E-state index contributed by atoms with van der Waals surface area (Å²) in [7, 11) is 0. The summed E-state index contributed by atoms with van der Waals surface area (Å²) in [4.78, 5) is 11.4. The molecule has 0 spiro atoms. The second kappa shape index (κ2) is 4.79. The van der Waals surface area contributed by atoms with Crippen molar-refractivity contribution >= 4 is 5.91 Å². The highest BCUT2D eigenvalue weighted by Gasteiger charge is 2.13. The van der Waals surface area contributed by atoms with Gasteiger partial charge < -0.3 is 9.84 Å². The van der Waals surface area contributed by atoms with E-state index in [1.54, 1.807) is 6.07 Å². The van der Waals surface area contributed by atoms with E-state index in [2.05, 4.69) is 10.5 Å². The third kappa shape index (κ3) is 2.58. The molecule has 1 heterocycles. The van der Waals surface area contributed by atoms with Gasteiger partial charge in [-0.3, -0.25) is 4.79 Å². The van der Waals surface area contributed by atoms with Gasteiger partial charge in [-0.05, 0) is 6.42 Å². The van der Waals surface area contributed by atoms with Crippen molar-refractivity contribution in [1.82, 2.24) is 10.5 Å². The third-order valence-corrected chi connectivity index (χ3v) is 1.87. The molecule has 0 aliphatic heterocycles. The van der Waals surface area contributed by atoms with E-state index in [1.165, 1.54) is 0 Å². The first-order chi connectivity index (χ1) is 6.65. The predicted molar refractivity (Wildman–Crippen MR) is 53.2 cm³/mol. The van der Waals surface area contributed by atoms with Crippen LogP contribution in [0, 0.1) is 0 Å². The second-order valence-electron chi connectivity index (χ2n) is 3.53. The van der Waals surface area contributed by atoms with Gasteiger partial charge in [0.25, 0.3) is 5.91 Å². The van der Waals surface area contributed by atoms with Crippen LogP contribution < -0.4 is 5.32 Å². The van der Waals surface area contributed by atoms with Crippen LogP contribution in [0.15, 0.2) is 10.6 Å². The van der Waals surface area contributed by atoms with E-state index >= 15 is 0 Å². The number of amides is 1. The Morgan fingerprint density at radius 2 is 2.36 bits per heavy atom. The molecule has 78 valence electrons. The van der Waals surface area contributed by atoms with Crippen LogP contribution in [0.4, 0.5) is 0 Å². The average Bonchev–Trinajstić information content (AvgIpc) is 2.62. The van der Waals surface area contributed by atoms with Crippen LogP contribution in [0.25, 0.3) is 0 Å². The lowest BCUT2D eigenvalue weighted by atomic mass is 10.1. The molecule has 0 aromatic carbocycles. The number of carbonyl (C=O) groups excluding carboxylic acids is 1. The first-order valence-electron chi connectivity index (χ1n) is 4.90. The third-order valence-electron chi connectivity index (χ3n) is 1.87. The minimum atomic E-state index is -0.164. The molecule has 4 heteroatoms. The van der Waals surface area contributed by atoms with Crippen LogP contribution in [-0.4, -0.2) is 17.6 Å². The summed E-state index contributed by atoms with van der Waals surface area (Å²) in [5.74, 6) is 0.837. The molecule has 0 aliphatic rings. The van der Waals surface area contributed by atoms with Crippen LogP contribution in [0.3, 0.4) is 0 Å². The maximum Gasteiger partial charge on any atom is 0.273 e. The van der Waals surface area contributed by atoms with E-state index in [1.807, 2.05) is 20.8 Å². The zero-order valence-corrected chi connectivity index (χ0v) is 8.83. The fourth-order valence-corrected chi connectivity index (χ4v) is 0.998. The van der Waals surface area contributed by atoms with Gasteiger partial charge in [-0.2, -0.15) is 0 Å². The molecule has 1 aromatic heterocycles. The topological polar surface area (TPSA) is 55.1 Å². The van der Waals surface area contributed by atoms with Crippen molar-refractivity contribution in [1.29, 1.82) is 0 Å². The summed E-state index contributed by atoms with van der Waals surface area (Å²) < 4.78 is 5.02. The van der Waals surface area contributed by atoms with E-state index in [-0.39, 0.29) is 11.8 Å². The van der Waals surface area contributed by atoms with Crippen molar-refractivity contribution in [2.24, 2.45) is 0 Å². The molecule has 0 fully saturated rings. The highest BCUT2D eigenvalue weighted by molar-refractivity contribution is 5.92. The first-order valence-corrected chi connectivity index (χ1v) is 4.90. The standard InChI is InChI=1S/C10H16N2O2/c1-4-5-11-10(13)8-6-9(7(2)3)14-12-8/h6-7H,4-5H2,1-3H3,(H,11,13). The van der Waals surface area contributed by atoms with Crippen LogP contribution in [0.5, 0.6) is 0 Å². The van der Waals surface area contributed by atoms with Gasteiger partial charge in [0, 0.05) is 18.5 Å². The van der Waals surface area contributed by atoms with Crippen molar-refractivity contribution in [3.8, 4) is 0 Å². The van der Waals surface area contributed by atoms with Crippen LogP contribution in [-0.2, 0) is 0 Å². The predicted octanol–water partition coefficient (Wildman–Crippen LogP) is 1.94. The molecule has 0 atom stereocenters. The maximum absolute atomic E-state index is 11.4. The minimum Gasteiger partial charge on any atom is -0.360 e. The molecule has 0 saturated heterocycles. The minimum absolute atomic E-state index is 0.164. The molecule has 0 unspecified atom stereocenters. The average molecular weight is 196 g/mol. The number of hydrogen-bond donors (Lipinski definition) is 1. The number of carbonyl (C=O) groups is 1. The Bertz CT molecular complexity index is 305. The van der Waals surface area contributed by atoms with Gasteiger partial charge >= 0.3 is 0 Å². The summed E-state index contributed by atoms with van der Waals surface area (Å²) in [5.41, 5.74) is 0.363. The number of hydrogen-bond acceptors (Lipinski definition) is 3. The van der Waals surface area contributed by atoms with E-state index in [4.69, 9.17) is 4.52 Å². The fraction of sp³-hybridized carbons (Fsp3) is 0.600. The smallest absolute Gasteiger partial charge is 0.273 e. The SMILES string of the molecule is CCCNC(=O)c1cc(C(C)C)on1. The van der Waals surface area contributed by atoms with Crippen molar-refractivity contribution in [2.45, 2.75) is 33.1 Å². The molecule has 1 amide bonds. The lowest BCUT2D eigenvalue weighted by Crippen LogP contribution is -2.24. The highest BCUT2D eigenvalue weighted by atomic mass is 16.5. The lowest BCUT2D eigenvalue weighted by Gasteiger charge is -1.97. The lowest BCUT2D eigenvalue weighted by molar-refractivity contribution is 0.0944. The van der Waals surface area contributed by atoms with Crippen LogP contribution in [0.1, 0.15) is 49.4 Å². The van der Waals surface area contributed by atoms with Gasteiger partial charge in [-0.1, -0.05) is 25.9 Å². The molecule has 1 aromatic rings. The number of aromatic nitrogens is 1. The van der Waals surface area contributed by atoms with E-state index in [0.717, 1.165) is 12.2 Å². The van der Waals surface area contributed by atoms with Gasteiger partial charge in [0.2, 0.25) is 0 Å². The van der Waals surface area contributed by atoms with Gasteiger partial charge in [0.1, 0.15) is 5.76 Å². The van der Waals surface area contributed by atoms with E-state index < -0.39 is 0 Å². The molecule has 4 nitrogen and oxygen atoms in total. The van der Waals surface area contributed by atoms with Gasteiger partial charge in [-0.15, -0.1) is 0 Å². The molecule has 0 bridgehead atoms. The van der Waals surface area contributed by atoms with E-state index in [0.29, 0.717) is 12.2 Å². The summed E-state index contributed by atoms with van der Waals surface area (Å²) >= 11 is 0. The number of nitrogens with one attached hydrogen (secondary N) is 1. The van der Waals surface area contributed by atoms with Crippen molar-refractivity contribution in [3.63, 3.8) is 0 Å². The summed E-state index contributed by atoms with van der Waals surface area (Å²) in [6.45, 7) is 6.66. The zero-order chi connectivity index (χ0) is 10.6. The van der Waals surface area contributed by atoms with Crippen LogP contribution >= 0.6 is 0 Å². The Labute approximate surface area is 83.7 Å². The Kier molecular flexibility index (Phi) is 3.68. The van der Waals surface area contributed by atoms with Crippen LogP contribution in [0.2, 0.25) is 0 Å². The monoisotopic (exact) mass is 196 g/mol. The van der Waals surface area contributed by atoms with Crippen molar-refractivity contribution < 1.29 is 9.32 Å². The highest BCUT2D eigenvalue weighted by Crippen LogP contribution is 2.14. The van der Waals surface area contributed by atoms with Gasteiger partial charge in [0.15, 0.2) is 5.69 Å². The number of nitrogens with zero attached hydrogens (tertiary/aromatic N) is 1. The maximum atomic E-state index is 11.4. The second-order valence-corrected chi connectivity index (χ2v) is 3.53. The summed E-state index contributed by atoms with van der Waals surface area (Å²) in [6, 6.07) is 1.69. The molecule has 1 N–H and O–H groups in total. The zero-order valence-electron chi connectivity index (χ0n) is 8.83. The Morgan fingerprint density at radius 3 is 2.86 bits per heavy atom. The van der Waals surface area contributed by atoms with Crippen molar-refractivity contribution in [3.05, 3.63) is 17.5 Å². The number of rotatable bonds is 4. The van der Waals surface area contributed by atoms with Gasteiger partial charge in [0.05, 0.1) is 0 Å². The molecule has 14 heavy (non-hydrogen) atoms. The molecular weight excluding hydrogens is 180 g/mol. The Hall–Kier alpha value is -1.32. The molecular formula is C10H16N2O2. The Balaban J connectivity index is 2.62. The largest absolute Gasteiger partial charge is 0.360 e. The van der Waals surface area contributed by atoms with E-state index in [9.17, 15) is 4.79 Å². The van der Waals surface area contributed by atoms with Gasteiger partial charge in [-0.25, -0.2) is 0 Å². The molecule has 0 radical (unpaired) electrons. The normalized spacial score (nSPS) is 10.6. The first kappa shape index (κ1) is 10.8. The fourth-order valence-electron chi connectivity index (χ4n) is 0.998. The van der Waals surface area contributed by atoms with Crippen molar-refractivity contribution in [2.75, 3.05) is 6.54 Å². The summed E-state index contributed by atoms with van der Waals surface area (Å²) in [6.07, 6.45) is 0.917. The quantitative estimate of drug-likeness (QED) is 0.800. The molecule has 0 saturated carbocycles. The molecule has 0 aliphatic carbocycles. The molecule has 1 rings (SSSR count). The summed E-state index contributed by atoms with van der Waals surface area (Å²) in [5, 5.41) is 6.44. The Morgan fingerprint density at radius 1 is 1.64 bits per heavy atom.